The van der Waals surface area contributed by atoms with Gasteiger partial charge >= 0.3 is 0 Å². The van der Waals surface area contributed by atoms with Crippen LogP contribution in [0.1, 0.15) is 13.8 Å². The molecule has 0 aliphatic rings. The highest BCUT2D eigenvalue weighted by molar-refractivity contribution is 5.95. The third-order valence-corrected chi connectivity index (χ3v) is 3.09. The second-order valence-electron chi connectivity index (χ2n) is 5.09. The molecule has 6 nitrogen and oxygen atoms in total. The van der Waals surface area contributed by atoms with E-state index in [-0.39, 0.29) is 18.4 Å². The molecule has 0 atom stereocenters. The first-order valence-corrected chi connectivity index (χ1v) is 7.71. The van der Waals surface area contributed by atoms with Crippen LogP contribution in [0.15, 0.2) is 48.5 Å². The second-order valence-corrected chi connectivity index (χ2v) is 5.09. The molecule has 0 aliphatic heterocycles. The van der Waals surface area contributed by atoms with Crippen LogP contribution in [-0.2, 0) is 9.59 Å². The number of carbonyl (C=O) groups excluding carboxylic acids is 2. The van der Waals surface area contributed by atoms with Gasteiger partial charge in [-0.3, -0.25) is 9.59 Å². The SMILES string of the molecule is CCOc1ccccc1NCC(=O)Nc1cccc(NC(C)=O)c1. The molecule has 6 heteroatoms. The predicted molar refractivity (Wildman–Crippen MR) is 95.5 cm³/mol. The lowest BCUT2D eigenvalue weighted by molar-refractivity contribution is -0.115. The maximum atomic E-state index is 12.1. The van der Waals surface area contributed by atoms with Gasteiger partial charge in [-0.25, -0.2) is 0 Å². The number of benzene rings is 2. The molecule has 0 saturated heterocycles. The number of hydrogen-bond donors (Lipinski definition) is 3. The Morgan fingerprint density at radius 3 is 2.42 bits per heavy atom. The highest BCUT2D eigenvalue weighted by Gasteiger charge is 2.06. The van der Waals surface area contributed by atoms with Gasteiger partial charge in [0.25, 0.3) is 0 Å². The van der Waals surface area contributed by atoms with Gasteiger partial charge in [-0.05, 0) is 37.3 Å². The number of rotatable bonds is 7. The lowest BCUT2D eigenvalue weighted by atomic mass is 10.2. The van der Waals surface area contributed by atoms with Crippen LogP contribution in [0.4, 0.5) is 17.1 Å². The van der Waals surface area contributed by atoms with Crippen molar-refractivity contribution in [1.29, 1.82) is 0 Å². The fourth-order valence-electron chi connectivity index (χ4n) is 2.15. The number of nitrogens with one attached hydrogen (secondary N) is 3. The van der Waals surface area contributed by atoms with E-state index in [9.17, 15) is 9.59 Å². The van der Waals surface area contributed by atoms with Crippen LogP contribution in [0.25, 0.3) is 0 Å². The van der Waals surface area contributed by atoms with E-state index in [0.717, 1.165) is 5.69 Å². The van der Waals surface area contributed by atoms with E-state index in [0.29, 0.717) is 23.7 Å². The zero-order valence-electron chi connectivity index (χ0n) is 13.8. The standard InChI is InChI=1S/C18H21N3O3/c1-3-24-17-10-5-4-9-16(17)19-12-18(23)21-15-8-6-7-14(11-15)20-13(2)22/h4-11,19H,3,12H2,1-2H3,(H,20,22)(H,21,23). The monoisotopic (exact) mass is 327 g/mol. The number of para-hydroxylation sites is 2. The molecular formula is C18H21N3O3. The van der Waals surface area contributed by atoms with E-state index in [2.05, 4.69) is 16.0 Å². The minimum Gasteiger partial charge on any atom is -0.492 e. The Bertz CT molecular complexity index is 716. The van der Waals surface area contributed by atoms with Crippen LogP contribution in [0.2, 0.25) is 0 Å². The topological polar surface area (TPSA) is 79.5 Å². The van der Waals surface area contributed by atoms with Crippen LogP contribution in [0, 0.1) is 0 Å². The third kappa shape index (κ3) is 5.31. The van der Waals surface area contributed by atoms with Crippen LogP contribution in [0.5, 0.6) is 5.75 Å². The molecular weight excluding hydrogens is 306 g/mol. The van der Waals surface area contributed by atoms with Crippen molar-refractivity contribution >= 4 is 28.9 Å². The van der Waals surface area contributed by atoms with Crippen LogP contribution >= 0.6 is 0 Å². The summed E-state index contributed by atoms with van der Waals surface area (Å²) in [6.45, 7) is 4.01. The molecule has 2 amide bonds. The second kappa shape index (κ2) is 8.57. The van der Waals surface area contributed by atoms with E-state index in [1.54, 1.807) is 24.3 Å². The van der Waals surface area contributed by atoms with Gasteiger partial charge in [-0.1, -0.05) is 18.2 Å². The Kier molecular flexibility index (Phi) is 6.19. The summed E-state index contributed by atoms with van der Waals surface area (Å²) in [7, 11) is 0. The number of hydrogen-bond acceptors (Lipinski definition) is 4. The fraction of sp³-hybridized carbons (Fsp3) is 0.222. The average molecular weight is 327 g/mol. The molecule has 0 spiro atoms. The molecule has 0 unspecified atom stereocenters. The minimum absolute atomic E-state index is 0.106. The molecule has 0 heterocycles. The van der Waals surface area contributed by atoms with Gasteiger partial charge in [-0.15, -0.1) is 0 Å². The zero-order valence-corrected chi connectivity index (χ0v) is 13.8. The quantitative estimate of drug-likeness (QED) is 0.730. The van der Waals surface area contributed by atoms with Gasteiger partial charge in [0.15, 0.2) is 0 Å². The number of amides is 2. The molecule has 0 radical (unpaired) electrons. The van der Waals surface area contributed by atoms with E-state index in [1.807, 2.05) is 31.2 Å². The molecule has 2 rings (SSSR count). The lowest BCUT2D eigenvalue weighted by Crippen LogP contribution is -2.22. The summed E-state index contributed by atoms with van der Waals surface area (Å²) in [5.41, 5.74) is 2.02. The predicted octanol–water partition coefficient (Wildman–Crippen LogP) is 3.09. The lowest BCUT2D eigenvalue weighted by Gasteiger charge is -2.12. The van der Waals surface area contributed by atoms with Crippen LogP contribution in [-0.4, -0.2) is 25.0 Å². The van der Waals surface area contributed by atoms with Crippen LogP contribution in [0.3, 0.4) is 0 Å². The molecule has 0 aliphatic carbocycles. The van der Waals surface area contributed by atoms with Gasteiger partial charge in [0.2, 0.25) is 11.8 Å². The number of carbonyl (C=O) groups is 2. The van der Waals surface area contributed by atoms with Crippen molar-refractivity contribution in [2.45, 2.75) is 13.8 Å². The Morgan fingerprint density at radius 2 is 1.71 bits per heavy atom. The normalized spacial score (nSPS) is 9.92. The van der Waals surface area contributed by atoms with Crippen molar-refractivity contribution in [2.75, 3.05) is 29.1 Å². The maximum Gasteiger partial charge on any atom is 0.243 e. The van der Waals surface area contributed by atoms with Crippen molar-refractivity contribution in [3.63, 3.8) is 0 Å². The molecule has 3 N–H and O–H groups in total. The van der Waals surface area contributed by atoms with Crippen molar-refractivity contribution in [1.82, 2.24) is 0 Å². The first-order chi connectivity index (χ1) is 11.6. The summed E-state index contributed by atoms with van der Waals surface area (Å²) in [5, 5.41) is 8.52. The van der Waals surface area contributed by atoms with Gasteiger partial charge in [-0.2, -0.15) is 0 Å². The zero-order chi connectivity index (χ0) is 17.4. The Balaban J connectivity index is 1.93. The van der Waals surface area contributed by atoms with E-state index < -0.39 is 0 Å². The van der Waals surface area contributed by atoms with Gasteiger partial charge in [0, 0.05) is 18.3 Å². The third-order valence-electron chi connectivity index (χ3n) is 3.09. The molecule has 0 aromatic heterocycles. The van der Waals surface area contributed by atoms with Crippen molar-refractivity contribution in [2.24, 2.45) is 0 Å². The summed E-state index contributed by atoms with van der Waals surface area (Å²) in [6.07, 6.45) is 0. The number of anilines is 3. The largest absolute Gasteiger partial charge is 0.492 e. The summed E-state index contributed by atoms with van der Waals surface area (Å²) in [6, 6.07) is 14.4. The molecule has 0 bridgehead atoms. The Labute approximate surface area is 141 Å². The van der Waals surface area contributed by atoms with Crippen molar-refractivity contribution < 1.29 is 14.3 Å². The molecule has 126 valence electrons. The first kappa shape index (κ1) is 17.3. The van der Waals surface area contributed by atoms with Crippen molar-refractivity contribution in [3.8, 4) is 5.75 Å². The van der Waals surface area contributed by atoms with Gasteiger partial charge < -0.3 is 20.7 Å². The Morgan fingerprint density at radius 1 is 1.00 bits per heavy atom. The minimum atomic E-state index is -0.193. The Hall–Kier alpha value is -3.02. The van der Waals surface area contributed by atoms with E-state index >= 15 is 0 Å². The summed E-state index contributed by atoms with van der Waals surface area (Å²) in [5.74, 6) is 0.356. The van der Waals surface area contributed by atoms with Crippen LogP contribution < -0.4 is 20.7 Å². The van der Waals surface area contributed by atoms with E-state index in [1.165, 1.54) is 6.92 Å². The highest BCUT2D eigenvalue weighted by Crippen LogP contribution is 2.23. The first-order valence-electron chi connectivity index (χ1n) is 7.71. The molecule has 2 aromatic carbocycles. The molecule has 0 fully saturated rings. The smallest absolute Gasteiger partial charge is 0.243 e. The van der Waals surface area contributed by atoms with Gasteiger partial charge in [0.1, 0.15) is 5.75 Å². The van der Waals surface area contributed by atoms with Gasteiger partial charge in [0.05, 0.1) is 18.8 Å². The summed E-state index contributed by atoms with van der Waals surface area (Å²) < 4.78 is 5.51. The summed E-state index contributed by atoms with van der Waals surface area (Å²) in [4.78, 5) is 23.2. The average Bonchev–Trinajstić information content (AvgIpc) is 2.54. The van der Waals surface area contributed by atoms with Crippen molar-refractivity contribution in [3.05, 3.63) is 48.5 Å². The number of ether oxygens (including phenoxy) is 1. The summed E-state index contributed by atoms with van der Waals surface area (Å²) >= 11 is 0. The van der Waals surface area contributed by atoms with E-state index in [4.69, 9.17) is 4.74 Å². The molecule has 0 saturated carbocycles. The molecule has 2 aromatic rings. The maximum absolute atomic E-state index is 12.1. The molecule has 24 heavy (non-hydrogen) atoms. The fourth-order valence-corrected chi connectivity index (χ4v) is 2.15. The highest BCUT2D eigenvalue weighted by atomic mass is 16.5.